The maximum atomic E-state index is 12.8. The highest BCUT2D eigenvalue weighted by molar-refractivity contribution is 6.08. The number of benzene rings is 2. The Morgan fingerprint density at radius 2 is 1.64 bits per heavy atom. The van der Waals surface area contributed by atoms with E-state index in [9.17, 15) is 4.79 Å². The molecule has 0 aliphatic rings. The number of aromatic nitrogens is 2. The number of nitrogens with one attached hydrogen (secondary N) is 1. The summed E-state index contributed by atoms with van der Waals surface area (Å²) in [5, 5.41) is 7.32. The van der Waals surface area contributed by atoms with Gasteiger partial charge in [0.2, 0.25) is 0 Å². The highest BCUT2D eigenvalue weighted by atomic mass is 16.5. The second-order valence-corrected chi connectivity index (χ2v) is 5.40. The minimum Gasteiger partial charge on any atom is -0.496 e. The van der Waals surface area contributed by atoms with E-state index in [1.165, 1.54) is 14.2 Å². The maximum absolute atomic E-state index is 12.8. The zero-order chi connectivity index (χ0) is 17.8. The van der Waals surface area contributed by atoms with E-state index in [4.69, 9.17) is 9.47 Å². The van der Waals surface area contributed by atoms with Crippen LogP contribution in [0.3, 0.4) is 0 Å². The second kappa shape index (κ2) is 7.09. The minimum atomic E-state index is -0.322. The van der Waals surface area contributed by atoms with Crippen molar-refractivity contribution in [2.24, 2.45) is 7.05 Å². The molecule has 0 spiro atoms. The Balaban J connectivity index is 1.91. The third kappa shape index (κ3) is 3.33. The summed E-state index contributed by atoms with van der Waals surface area (Å²) in [4.78, 5) is 12.8. The predicted molar refractivity (Wildman–Crippen MR) is 96.1 cm³/mol. The summed E-state index contributed by atoms with van der Waals surface area (Å²) in [5.41, 5.74) is 2.11. The molecule has 1 heterocycles. The maximum Gasteiger partial charge on any atom is 0.264 e. The van der Waals surface area contributed by atoms with Gasteiger partial charge in [-0.15, -0.1) is 0 Å². The molecule has 6 heteroatoms. The van der Waals surface area contributed by atoms with E-state index in [0.29, 0.717) is 22.9 Å². The van der Waals surface area contributed by atoms with Crippen LogP contribution in [0.15, 0.2) is 54.6 Å². The molecule has 3 aromatic rings. The summed E-state index contributed by atoms with van der Waals surface area (Å²) >= 11 is 0. The number of nitrogens with zero attached hydrogens (tertiary/aromatic N) is 2. The van der Waals surface area contributed by atoms with Crippen molar-refractivity contribution < 1.29 is 14.3 Å². The van der Waals surface area contributed by atoms with Crippen molar-refractivity contribution >= 4 is 11.7 Å². The number of hydrogen-bond donors (Lipinski definition) is 1. The number of ether oxygens (including phenoxy) is 2. The second-order valence-electron chi connectivity index (χ2n) is 5.40. The first kappa shape index (κ1) is 16.6. The number of carbonyl (C=O) groups excluding carboxylic acids is 1. The fraction of sp³-hybridized carbons (Fsp3) is 0.158. The Morgan fingerprint density at radius 3 is 2.24 bits per heavy atom. The molecule has 0 fully saturated rings. The lowest BCUT2D eigenvalue weighted by Crippen LogP contribution is -2.16. The molecular weight excluding hydrogens is 318 g/mol. The van der Waals surface area contributed by atoms with Gasteiger partial charge in [-0.25, -0.2) is 0 Å². The third-order valence-electron chi connectivity index (χ3n) is 3.85. The van der Waals surface area contributed by atoms with Crippen molar-refractivity contribution in [3.8, 4) is 22.8 Å². The van der Waals surface area contributed by atoms with Crippen molar-refractivity contribution in [3.05, 3.63) is 60.2 Å². The van der Waals surface area contributed by atoms with E-state index in [1.807, 2.05) is 36.4 Å². The lowest BCUT2D eigenvalue weighted by atomic mass is 10.1. The Kier molecular flexibility index (Phi) is 4.70. The van der Waals surface area contributed by atoms with Crippen molar-refractivity contribution in [1.82, 2.24) is 9.78 Å². The summed E-state index contributed by atoms with van der Waals surface area (Å²) in [6.07, 6.45) is 0. The number of hydrogen-bond acceptors (Lipinski definition) is 4. The zero-order valence-electron chi connectivity index (χ0n) is 14.3. The average Bonchev–Trinajstić information content (AvgIpc) is 3.02. The molecule has 6 nitrogen and oxygen atoms in total. The molecule has 1 aromatic heterocycles. The number of carbonyl (C=O) groups is 1. The fourth-order valence-electron chi connectivity index (χ4n) is 2.59. The third-order valence-corrected chi connectivity index (χ3v) is 3.85. The van der Waals surface area contributed by atoms with Crippen LogP contribution < -0.4 is 14.8 Å². The van der Waals surface area contributed by atoms with Crippen molar-refractivity contribution in [2.75, 3.05) is 19.5 Å². The van der Waals surface area contributed by atoms with Crippen LogP contribution in [0.25, 0.3) is 11.3 Å². The molecule has 128 valence electrons. The predicted octanol–water partition coefficient (Wildman–Crippen LogP) is 3.36. The highest BCUT2D eigenvalue weighted by Crippen LogP contribution is 2.29. The number of anilines is 1. The summed E-state index contributed by atoms with van der Waals surface area (Å²) in [6.45, 7) is 0. The van der Waals surface area contributed by atoms with Crippen LogP contribution in [-0.4, -0.2) is 29.9 Å². The van der Waals surface area contributed by atoms with Gasteiger partial charge in [0.05, 0.1) is 19.9 Å². The quantitative estimate of drug-likeness (QED) is 0.775. The van der Waals surface area contributed by atoms with Gasteiger partial charge >= 0.3 is 0 Å². The van der Waals surface area contributed by atoms with Crippen LogP contribution in [0.4, 0.5) is 5.82 Å². The molecule has 1 amide bonds. The monoisotopic (exact) mass is 337 g/mol. The van der Waals surface area contributed by atoms with Gasteiger partial charge in [-0.3, -0.25) is 9.48 Å². The van der Waals surface area contributed by atoms with E-state index >= 15 is 0 Å². The zero-order valence-corrected chi connectivity index (χ0v) is 14.3. The molecule has 0 bridgehead atoms. The smallest absolute Gasteiger partial charge is 0.264 e. The van der Waals surface area contributed by atoms with Gasteiger partial charge in [-0.05, 0) is 12.1 Å². The molecule has 0 saturated carbocycles. The summed E-state index contributed by atoms with van der Waals surface area (Å²) in [6, 6.07) is 16.8. The topological polar surface area (TPSA) is 65.4 Å². The van der Waals surface area contributed by atoms with Crippen molar-refractivity contribution in [1.29, 1.82) is 0 Å². The van der Waals surface area contributed by atoms with Gasteiger partial charge in [0.1, 0.15) is 22.9 Å². The molecule has 0 aliphatic carbocycles. The Labute approximate surface area is 146 Å². The molecule has 0 unspecified atom stereocenters. The van der Waals surface area contributed by atoms with Crippen LogP contribution in [0, 0.1) is 0 Å². The van der Waals surface area contributed by atoms with Gasteiger partial charge in [0.15, 0.2) is 0 Å². The number of rotatable bonds is 5. The van der Waals surface area contributed by atoms with Crippen LogP contribution in [0.2, 0.25) is 0 Å². The van der Waals surface area contributed by atoms with Crippen LogP contribution in [0.5, 0.6) is 11.5 Å². The minimum absolute atomic E-state index is 0.322. The van der Waals surface area contributed by atoms with Crippen LogP contribution >= 0.6 is 0 Å². The van der Waals surface area contributed by atoms with E-state index in [1.54, 1.807) is 29.9 Å². The van der Waals surface area contributed by atoms with E-state index in [2.05, 4.69) is 10.4 Å². The SMILES string of the molecule is COc1cccc(OC)c1C(=O)Nc1cc(-c2ccccc2)nn1C. The van der Waals surface area contributed by atoms with Crippen molar-refractivity contribution in [3.63, 3.8) is 0 Å². The van der Waals surface area contributed by atoms with Gasteiger partial charge in [0.25, 0.3) is 5.91 Å². The van der Waals surface area contributed by atoms with Gasteiger partial charge in [-0.2, -0.15) is 5.10 Å². The largest absolute Gasteiger partial charge is 0.496 e. The normalized spacial score (nSPS) is 10.4. The summed E-state index contributed by atoms with van der Waals surface area (Å²) in [7, 11) is 4.81. The molecule has 2 aromatic carbocycles. The number of methoxy groups -OCH3 is 2. The molecule has 3 rings (SSSR count). The Morgan fingerprint density at radius 1 is 1.00 bits per heavy atom. The number of amides is 1. The van der Waals surface area contributed by atoms with Crippen LogP contribution in [0.1, 0.15) is 10.4 Å². The standard InChI is InChI=1S/C19H19N3O3/c1-22-17(12-14(21-22)13-8-5-4-6-9-13)20-19(23)18-15(24-2)10-7-11-16(18)25-3/h4-12H,1-3H3,(H,20,23). The van der Waals surface area contributed by atoms with Gasteiger partial charge < -0.3 is 14.8 Å². The van der Waals surface area contributed by atoms with Gasteiger partial charge in [-0.1, -0.05) is 36.4 Å². The Bertz CT molecular complexity index is 866. The van der Waals surface area contributed by atoms with Gasteiger partial charge in [0, 0.05) is 18.7 Å². The highest BCUT2D eigenvalue weighted by Gasteiger charge is 2.20. The number of aryl methyl sites for hydroxylation is 1. The first-order valence-corrected chi connectivity index (χ1v) is 7.76. The molecule has 0 radical (unpaired) electrons. The average molecular weight is 337 g/mol. The molecule has 1 N–H and O–H groups in total. The van der Waals surface area contributed by atoms with E-state index < -0.39 is 0 Å². The van der Waals surface area contributed by atoms with E-state index in [0.717, 1.165) is 11.3 Å². The lowest BCUT2D eigenvalue weighted by molar-refractivity contribution is 0.102. The summed E-state index contributed by atoms with van der Waals surface area (Å²) in [5.74, 6) is 1.15. The summed E-state index contributed by atoms with van der Waals surface area (Å²) < 4.78 is 12.2. The van der Waals surface area contributed by atoms with Crippen molar-refractivity contribution in [2.45, 2.75) is 0 Å². The molecule has 25 heavy (non-hydrogen) atoms. The fourth-order valence-corrected chi connectivity index (χ4v) is 2.59. The van der Waals surface area contributed by atoms with E-state index in [-0.39, 0.29) is 5.91 Å². The first-order valence-electron chi connectivity index (χ1n) is 7.76. The Hall–Kier alpha value is -3.28. The molecule has 0 saturated heterocycles. The molecule has 0 aliphatic heterocycles. The lowest BCUT2D eigenvalue weighted by Gasteiger charge is -2.12. The molecular formula is C19H19N3O3. The molecule has 0 atom stereocenters. The first-order chi connectivity index (χ1) is 12.1. The van der Waals surface area contributed by atoms with Crippen LogP contribution in [-0.2, 0) is 7.05 Å².